The number of anilines is 1. The van der Waals surface area contributed by atoms with Crippen LogP contribution < -0.4 is 16.0 Å². The van der Waals surface area contributed by atoms with E-state index in [4.69, 9.17) is 18.9 Å². The summed E-state index contributed by atoms with van der Waals surface area (Å²) in [5, 5.41) is 9.34. The molecule has 0 aliphatic heterocycles. The molecular weight excluding hydrogens is 510 g/mol. The molecule has 1 saturated carbocycles. The van der Waals surface area contributed by atoms with Crippen LogP contribution in [0, 0.1) is 5.92 Å². The first kappa shape index (κ1) is 34.0. The minimum atomic E-state index is 0.0328. The maximum atomic E-state index is 12.0. The van der Waals surface area contributed by atoms with Crippen LogP contribution in [0.4, 0.5) is 5.69 Å². The van der Waals surface area contributed by atoms with Gasteiger partial charge in [0.05, 0.1) is 52.9 Å². The van der Waals surface area contributed by atoms with Crippen LogP contribution in [0.15, 0.2) is 30.3 Å². The average Bonchev–Trinajstić information content (AvgIpc) is 3.52. The monoisotopic (exact) mass is 563 g/mol. The summed E-state index contributed by atoms with van der Waals surface area (Å²) in [5.74, 6) is 0.558. The molecule has 9 heteroatoms. The number of ether oxygens (including phenoxy) is 4. The van der Waals surface area contributed by atoms with Crippen LogP contribution in [0.25, 0.3) is 0 Å². The van der Waals surface area contributed by atoms with Gasteiger partial charge in [0.1, 0.15) is 0 Å². The lowest BCUT2D eigenvalue weighted by molar-refractivity contribution is -0.125. The van der Waals surface area contributed by atoms with Gasteiger partial charge in [0, 0.05) is 37.7 Å². The summed E-state index contributed by atoms with van der Waals surface area (Å²) in [6.45, 7) is 6.41. The Labute approximate surface area is 241 Å². The number of carbonyl (C=O) groups excluding carboxylic acids is 2. The van der Waals surface area contributed by atoms with Crippen LogP contribution in [0.5, 0.6) is 0 Å². The van der Waals surface area contributed by atoms with E-state index in [0.717, 1.165) is 63.8 Å². The zero-order chi connectivity index (χ0) is 28.4. The summed E-state index contributed by atoms with van der Waals surface area (Å²) in [6.07, 6.45) is 11.6. The third-order valence-electron chi connectivity index (χ3n) is 6.89. The van der Waals surface area contributed by atoms with Gasteiger partial charge < -0.3 is 34.9 Å². The van der Waals surface area contributed by atoms with Gasteiger partial charge in [0.2, 0.25) is 11.8 Å². The highest BCUT2D eigenvalue weighted by Crippen LogP contribution is 2.24. The number of benzene rings is 1. The average molecular weight is 564 g/mol. The van der Waals surface area contributed by atoms with Gasteiger partial charge >= 0.3 is 0 Å². The van der Waals surface area contributed by atoms with E-state index in [1.807, 2.05) is 30.3 Å². The highest BCUT2D eigenvalue weighted by atomic mass is 16.6. The largest absolute Gasteiger partial charge is 0.383 e. The molecule has 228 valence electrons. The van der Waals surface area contributed by atoms with Crippen molar-refractivity contribution in [2.75, 3.05) is 77.8 Å². The Morgan fingerprint density at radius 3 is 1.77 bits per heavy atom. The molecule has 2 amide bonds. The van der Waals surface area contributed by atoms with E-state index in [-0.39, 0.29) is 17.7 Å². The van der Waals surface area contributed by atoms with Gasteiger partial charge in [-0.05, 0) is 37.8 Å². The second-order valence-electron chi connectivity index (χ2n) is 10.2. The molecule has 0 unspecified atom stereocenters. The summed E-state index contributed by atoms with van der Waals surface area (Å²) in [7, 11) is 0. The molecule has 0 saturated heterocycles. The van der Waals surface area contributed by atoms with Crippen LogP contribution in [0.3, 0.4) is 0 Å². The normalized spacial score (nSPS) is 13.4. The lowest BCUT2D eigenvalue weighted by atomic mass is 10.1. The van der Waals surface area contributed by atoms with Gasteiger partial charge in [0.15, 0.2) is 0 Å². The van der Waals surface area contributed by atoms with E-state index in [9.17, 15) is 9.59 Å². The standard InChI is InChI=1S/C31H53N3O6/c35-30(33-17-10-3-1-2-4-11-18-34-31(36)28-12-8-9-13-28)16-20-37-22-24-39-26-27-40-25-23-38-21-19-32-29-14-6-5-7-15-29/h5-7,14-15,28,32H,1-4,8-13,16-27H2,(H,33,35)(H,34,36). The number of para-hydroxylation sites is 1. The van der Waals surface area contributed by atoms with E-state index in [0.29, 0.717) is 59.3 Å². The number of nitrogens with one attached hydrogen (secondary N) is 3. The van der Waals surface area contributed by atoms with Gasteiger partial charge in [-0.1, -0.05) is 56.7 Å². The minimum Gasteiger partial charge on any atom is -0.383 e. The van der Waals surface area contributed by atoms with Crippen molar-refractivity contribution >= 4 is 17.5 Å². The van der Waals surface area contributed by atoms with Crippen LogP contribution in [-0.4, -0.2) is 84.3 Å². The van der Waals surface area contributed by atoms with Crippen LogP contribution >= 0.6 is 0 Å². The maximum absolute atomic E-state index is 12.0. The molecule has 0 bridgehead atoms. The first-order valence-electron chi connectivity index (χ1n) is 15.4. The molecule has 0 heterocycles. The van der Waals surface area contributed by atoms with Crippen molar-refractivity contribution in [2.45, 2.75) is 70.6 Å². The third-order valence-corrected chi connectivity index (χ3v) is 6.89. The van der Waals surface area contributed by atoms with Gasteiger partial charge in [-0.2, -0.15) is 0 Å². The Balaban J connectivity index is 1.21. The molecule has 0 atom stereocenters. The third kappa shape index (κ3) is 19.0. The number of unbranched alkanes of at least 4 members (excludes halogenated alkanes) is 5. The topological polar surface area (TPSA) is 107 Å². The molecule has 1 aliphatic carbocycles. The van der Waals surface area contributed by atoms with E-state index < -0.39 is 0 Å². The van der Waals surface area contributed by atoms with Gasteiger partial charge in [0.25, 0.3) is 0 Å². The smallest absolute Gasteiger partial charge is 0.223 e. The molecule has 0 spiro atoms. The SMILES string of the molecule is O=C(CCOCCOCCOCCOCCNc1ccccc1)NCCCCCCCCNC(=O)C1CCCC1. The Morgan fingerprint density at radius 1 is 0.625 bits per heavy atom. The molecular formula is C31H53N3O6. The fourth-order valence-electron chi connectivity index (χ4n) is 4.57. The molecule has 1 aromatic rings. The summed E-state index contributed by atoms with van der Waals surface area (Å²) in [5.41, 5.74) is 1.09. The molecule has 1 aromatic carbocycles. The minimum absolute atomic E-state index is 0.0328. The number of amides is 2. The number of hydrogen-bond donors (Lipinski definition) is 3. The summed E-state index contributed by atoms with van der Waals surface area (Å²) < 4.78 is 22.0. The highest BCUT2D eigenvalue weighted by Gasteiger charge is 2.21. The van der Waals surface area contributed by atoms with Crippen molar-refractivity contribution in [3.05, 3.63) is 30.3 Å². The van der Waals surface area contributed by atoms with Crippen molar-refractivity contribution < 1.29 is 28.5 Å². The summed E-state index contributed by atoms with van der Waals surface area (Å²) >= 11 is 0. The lowest BCUT2D eigenvalue weighted by Gasteiger charge is -2.10. The molecule has 40 heavy (non-hydrogen) atoms. The van der Waals surface area contributed by atoms with Crippen molar-refractivity contribution in [3.63, 3.8) is 0 Å². The van der Waals surface area contributed by atoms with Crippen LogP contribution in [0.1, 0.15) is 70.6 Å². The van der Waals surface area contributed by atoms with Crippen molar-refractivity contribution in [3.8, 4) is 0 Å². The zero-order valence-electron chi connectivity index (χ0n) is 24.5. The van der Waals surface area contributed by atoms with Crippen molar-refractivity contribution in [1.29, 1.82) is 0 Å². The Kier molecular flexibility index (Phi) is 20.9. The molecule has 0 aromatic heterocycles. The van der Waals surface area contributed by atoms with E-state index in [1.54, 1.807) is 0 Å². The Morgan fingerprint density at radius 2 is 1.15 bits per heavy atom. The number of rotatable bonds is 26. The molecule has 1 fully saturated rings. The predicted molar refractivity (Wildman–Crippen MR) is 159 cm³/mol. The van der Waals surface area contributed by atoms with Crippen LogP contribution in [0.2, 0.25) is 0 Å². The first-order chi connectivity index (χ1) is 19.8. The molecule has 2 rings (SSSR count). The summed E-state index contributed by atoms with van der Waals surface area (Å²) in [6, 6.07) is 10.0. The molecule has 3 N–H and O–H groups in total. The maximum Gasteiger partial charge on any atom is 0.223 e. The van der Waals surface area contributed by atoms with E-state index in [1.165, 1.54) is 25.7 Å². The van der Waals surface area contributed by atoms with Gasteiger partial charge in [-0.3, -0.25) is 9.59 Å². The molecule has 1 aliphatic rings. The van der Waals surface area contributed by atoms with Gasteiger partial charge in [-0.15, -0.1) is 0 Å². The Hall–Kier alpha value is -2.20. The Bertz CT molecular complexity index is 746. The summed E-state index contributed by atoms with van der Waals surface area (Å²) in [4.78, 5) is 23.9. The lowest BCUT2D eigenvalue weighted by Crippen LogP contribution is -2.30. The van der Waals surface area contributed by atoms with Crippen molar-refractivity contribution in [2.24, 2.45) is 5.92 Å². The van der Waals surface area contributed by atoms with E-state index in [2.05, 4.69) is 16.0 Å². The fourth-order valence-corrected chi connectivity index (χ4v) is 4.57. The fraction of sp³-hybridized carbons (Fsp3) is 0.742. The van der Waals surface area contributed by atoms with Crippen molar-refractivity contribution in [1.82, 2.24) is 10.6 Å². The first-order valence-corrected chi connectivity index (χ1v) is 15.4. The van der Waals surface area contributed by atoms with Gasteiger partial charge in [-0.25, -0.2) is 0 Å². The second kappa shape index (κ2) is 24.6. The molecule has 0 radical (unpaired) electrons. The quantitative estimate of drug-likeness (QED) is 0.144. The van der Waals surface area contributed by atoms with Crippen LogP contribution in [-0.2, 0) is 28.5 Å². The highest BCUT2D eigenvalue weighted by molar-refractivity contribution is 5.78. The second-order valence-corrected chi connectivity index (χ2v) is 10.2. The van der Waals surface area contributed by atoms with E-state index >= 15 is 0 Å². The molecule has 9 nitrogen and oxygen atoms in total. The predicted octanol–water partition coefficient (Wildman–Crippen LogP) is 4.32. The number of carbonyl (C=O) groups is 2. The number of hydrogen-bond acceptors (Lipinski definition) is 7. The zero-order valence-corrected chi connectivity index (χ0v) is 24.5.